The van der Waals surface area contributed by atoms with Gasteiger partial charge in [-0.15, -0.1) is 0 Å². The summed E-state index contributed by atoms with van der Waals surface area (Å²) in [4.78, 5) is 17.0. The van der Waals surface area contributed by atoms with Crippen LogP contribution in [0.1, 0.15) is 28.8 Å². The first-order valence-corrected chi connectivity index (χ1v) is 10.6. The Hall–Kier alpha value is -4.21. The summed E-state index contributed by atoms with van der Waals surface area (Å²) in [5.41, 5.74) is 0.0583. The number of hydrogen-bond donors (Lipinski definition) is 1. The lowest BCUT2D eigenvalue weighted by Crippen LogP contribution is -2.24. The summed E-state index contributed by atoms with van der Waals surface area (Å²) in [7, 11) is 0. The molecule has 0 unspecified atom stereocenters. The summed E-state index contributed by atoms with van der Waals surface area (Å²) in [6.07, 6.45) is -2.92. The third kappa shape index (κ3) is 4.09. The van der Waals surface area contributed by atoms with Gasteiger partial charge in [-0.05, 0) is 35.9 Å². The van der Waals surface area contributed by atoms with Gasteiger partial charge in [0.2, 0.25) is 0 Å². The molecule has 5 aromatic rings. The Morgan fingerprint density at radius 1 is 1.00 bits per heavy atom. The second kappa shape index (κ2) is 8.29. The van der Waals surface area contributed by atoms with Gasteiger partial charge in [0, 0.05) is 24.4 Å². The van der Waals surface area contributed by atoms with Gasteiger partial charge in [-0.25, -0.2) is 9.50 Å². The summed E-state index contributed by atoms with van der Waals surface area (Å²) in [5.74, 6) is -0.614. The molecule has 3 aromatic heterocycles. The molecule has 0 radical (unpaired) electrons. The van der Waals surface area contributed by atoms with E-state index in [1.54, 1.807) is 29.1 Å². The normalized spacial score (nSPS) is 11.9. The van der Waals surface area contributed by atoms with Gasteiger partial charge < -0.3 is 5.32 Å². The molecule has 0 bridgehead atoms. The van der Waals surface area contributed by atoms with Crippen molar-refractivity contribution < 1.29 is 18.0 Å². The Balaban J connectivity index is 1.51. The van der Waals surface area contributed by atoms with E-state index in [9.17, 15) is 18.0 Å². The topological polar surface area (TPSA) is 77.1 Å². The maximum atomic E-state index is 13.9. The molecule has 7 nitrogen and oxygen atoms in total. The van der Waals surface area contributed by atoms with Gasteiger partial charge in [-0.1, -0.05) is 36.4 Å². The van der Waals surface area contributed by atoms with Crippen LogP contribution in [-0.4, -0.2) is 30.3 Å². The Kier molecular flexibility index (Phi) is 5.27. The van der Waals surface area contributed by atoms with Crippen molar-refractivity contribution in [2.75, 3.05) is 0 Å². The Morgan fingerprint density at radius 3 is 2.53 bits per heavy atom. The number of aryl methyl sites for hydroxylation is 1. The molecule has 1 N–H and O–H groups in total. The van der Waals surface area contributed by atoms with E-state index in [1.807, 2.05) is 37.3 Å². The number of fused-ring (bicyclic) bond motifs is 2. The number of rotatable bonds is 5. The van der Waals surface area contributed by atoms with Gasteiger partial charge in [-0.3, -0.25) is 9.48 Å². The molecule has 0 saturated carbocycles. The van der Waals surface area contributed by atoms with E-state index in [4.69, 9.17) is 0 Å². The van der Waals surface area contributed by atoms with Crippen LogP contribution in [-0.2, 0) is 19.3 Å². The summed E-state index contributed by atoms with van der Waals surface area (Å²) < 4.78 is 44.0. The number of aromatic nitrogens is 5. The van der Waals surface area contributed by atoms with Crippen LogP contribution < -0.4 is 5.32 Å². The summed E-state index contributed by atoms with van der Waals surface area (Å²) in [5, 5.41) is 12.6. The number of nitrogens with one attached hydrogen (secondary N) is 1. The third-order valence-electron chi connectivity index (χ3n) is 5.45. The molecule has 0 saturated heterocycles. The van der Waals surface area contributed by atoms with E-state index in [1.165, 1.54) is 6.07 Å². The molecule has 0 aliphatic heterocycles. The van der Waals surface area contributed by atoms with Crippen LogP contribution in [0.25, 0.3) is 27.7 Å². The number of hydrogen-bond acceptors (Lipinski definition) is 4. The first kappa shape index (κ1) is 21.6. The van der Waals surface area contributed by atoms with Gasteiger partial charge in [-0.2, -0.15) is 23.4 Å². The van der Waals surface area contributed by atoms with Crippen LogP contribution in [0, 0.1) is 0 Å². The van der Waals surface area contributed by atoms with E-state index in [-0.39, 0.29) is 23.6 Å². The maximum absolute atomic E-state index is 13.9. The minimum absolute atomic E-state index is 0.0709. The third-order valence-corrected chi connectivity index (χ3v) is 5.45. The molecule has 2 aromatic carbocycles. The lowest BCUT2D eigenvalue weighted by molar-refractivity contribution is -0.142. The predicted octanol–water partition coefficient (Wildman–Crippen LogP) is 4.71. The zero-order chi connectivity index (χ0) is 23.9. The smallest absolute Gasteiger partial charge is 0.345 e. The molecule has 0 spiro atoms. The van der Waals surface area contributed by atoms with Crippen molar-refractivity contribution in [2.45, 2.75) is 26.2 Å². The summed E-state index contributed by atoms with van der Waals surface area (Å²) in [6.45, 7) is 2.75. The first-order valence-electron chi connectivity index (χ1n) is 10.6. The minimum Gasteiger partial charge on any atom is -0.345 e. The number of benzene rings is 2. The van der Waals surface area contributed by atoms with E-state index < -0.39 is 17.8 Å². The molecule has 1 amide bonds. The van der Waals surface area contributed by atoms with Crippen molar-refractivity contribution in [3.63, 3.8) is 0 Å². The average molecular weight is 464 g/mol. The predicted molar refractivity (Wildman–Crippen MR) is 120 cm³/mol. The molecule has 0 aliphatic carbocycles. The van der Waals surface area contributed by atoms with Crippen molar-refractivity contribution in [2.24, 2.45) is 0 Å². The maximum Gasteiger partial charge on any atom is 0.433 e. The quantitative estimate of drug-likeness (QED) is 0.409. The van der Waals surface area contributed by atoms with E-state index in [2.05, 4.69) is 20.5 Å². The fourth-order valence-corrected chi connectivity index (χ4v) is 3.72. The highest BCUT2D eigenvalue weighted by Gasteiger charge is 2.35. The lowest BCUT2D eigenvalue weighted by Gasteiger charge is -2.11. The highest BCUT2D eigenvalue weighted by molar-refractivity contribution is 5.93. The highest BCUT2D eigenvalue weighted by Crippen LogP contribution is 2.33. The second-order valence-electron chi connectivity index (χ2n) is 7.73. The van der Waals surface area contributed by atoms with Crippen molar-refractivity contribution in [3.8, 4) is 11.3 Å². The molecule has 0 atom stereocenters. The molecular weight excluding hydrogens is 445 g/mol. The van der Waals surface area contributed by atoms with Gasteiger partial charge in [0.1, 0.15) is 0 Å². The lowest BCUT2D eigenvalue weighted by atomic mass is 10.0. The van der Waals surface area contributed by atoms with Crippen LogP contribution >= 0.6 is 0 Å². The van der Waals surface area contributed by atoms with Crippen LogP contribution in [0.5, 0.6) is 0 Å². The molecule has 34 heavy (non-hydrogen) atoms. The summed E-state index contributed by atoms with van der Waals surface area (Å²) >= 11 is 0. The van der Waals surface area contributed by atoms with Crippen LogP contribution in [0.15, 0.2) is 66.9 Å². The van der Waals surface area contributed by atoms with Crippen LogP contribution in [0.2, 0.25) is 0 Å². The standard InChI is InChI=1S/C24H19F3N6O/c1-2-32-10-9-18(30-32)14-28-23(34)20-13-22-29-19(12-21(24(25,26)27)33(22)31-20)17-8-7-15-5-3-4-6-16(15)11-17/h3-13H,2,14H2,1H3,(H,28,34). The van der Waals surface area contributed by atoms with Gasteiger partial charge in [0.05, 0.1) is 17.9 Å². The monoisotopic (exact) mass is 464 g/mol. The summed E-state index contributed by atoms with van der Waals surface area (Å²) in [6, 6.07) is 16.8. The number of carbonyl (C=O) groups is 1. The zero-order valence-electron chi connectivity index (χ0n) is 18.0. The zero-order valence-corrected chi connectivity index (χ0v) is 18.0. The molecule has 0 aliphatic rings. The minimum atomic E-state index is -4.69. The largest absolute Gasteiger partial charge is 0.433 e. The van der Waals surface area contributed by atoms with Crippen molar-refractivity contribution >= 4 is 22.3 Å². The number of halogens is 3. The second-order valence-corrected chi connectivity index (χ2v) is 7.73. The van der Waals surface area contributed by atoms with E-state index in [0.717, 1.165) is 16.8 Å². The number of carbonyl (C=O) groups excluding carboxylic acids is 1. The molecule has 10 heteroatoms. The average Bonchev–Trinajstić information content (AvgIpc) is 3.47. The number of alkyl halides is 3. The highest BCUT2D eigenvalue weighted by atomic mass is 19.4. The number of amides is 1. The van der Waals surface area contributed by atoms with Gasteiger partial charge >= 0.3 is 6.18 Å². The molecule has 5 rings (SSSR count). The molecule has 172 valence electrons. The Labute approximate surface area is 191 Å². The first-order chi connectivity index (χ1) is 16.3. The fraction of sp³-hybridized carbons (Fsp3) is 0.167. The van der Waals surface area contributed by atoms with E-state index in [0.29, 0.717) is 22.3 Å². The number of nitrogens with zero attached hydrogens (tertiary/aromatic N) is 5. The fourth-order valence-electron chi connectivity index (χ4n) is 3.72. The Bertz CT molecular complexity index is 1520. The molecule has 3 heterocycles. The van der Waals surface area contributed by atoms with E-state index >= 15 is 0 Å². The molecular formula is C24H19F3N6O. The van der Waals surface area contributed by atoms with Crippen LogP contribution in [0.4, 0.5) is 13.2 Å². The van der Waals surface area contributed by atoms with Gasteiger partial charge in [0.15, 0.2) is 17.0 Å². The molecule has 0 fully saturated rings. The van der Waals surface area contributed by atoms with Crippen molar-refractivity contribution in [1.82, 2.24) is 29.7 Å². The Morgan fingerprint density at radius 2 is 1.79 bits per heavy atom. The van der Waals surface area contributed by atoms with Crippen molar-refractivity contribution in [1.29, 1.82) is 0 Å². The van der Waals surface area contributed by atoms with Crippen molar-refractivity contribution in [3.05, 3.63) is 83.9 Å². The van der Waals surface area contributed by atoms with Crippen LogP contribution in [0.3, 0.4) is 0 Å². The SMILES string of the molecule is CCn1ccc(CNC(=O)c2cc3nc(-c4ccc5ccccc5c4)cc(C(F)(F)F)n3n2)n1. The van der Waals surface area contributed by atoms with Gasteiger partial charge in [0.25, 0.3) is 5.91 Å².